The maximum atomic E-state index is 11.9. The fraction of sp³-hybridized carbons (Fsp3) is 0.533. The summed E-state index contributed by atoms with van der Waals surface area (Å²) in [5.74, 6) is 0.174. The maximum absolute atomic E-state index is 11.9. The van der Waals surface area contributed by atoms with Gasteiger partial charge in [0, 0.05) is 11.9 Å². The van der Waals surface area contributed by atoms with E-state index in [4.69, 9.17) is 18.5 Å². The number of rotatable bonds is 4. The molecule has 2 heterocycles. The molecule has 0 amide bonds. The van der Waals surface area contributed by atoms with Gasteiger partial charge in [0.1, 0.15) is 5.76 Å². The van der Waals surface area contributed by atoms with Crippen molar-refractivity contribution < 1.29 is 23.3 Å². The van der Waals surface area contributed by atoms with E-state index in [1.165, 1.54) is 7.11 Å². The lowest BCUT2D eigenvalue weighted by Gasteiger charge is -2.32. The van der Waals surface area contributed by atoms with Crippen LogP contribution in [0.15, 0.2) is 28.4 Å². The predicted octanol–water partition coefficient (Wildman–Crippen LogP) is 2.93. The second-order valence-corrected chi connectivity index (χ2v) is 6.07. The molecule has 0 aromatic carbocycles. The van der Waals surface area contributed by atoms with Crippen LogP contribution in [-0.4, -0.2) is 31.4 Å². The average molecular weight is 292 g/mol. The van der Waals surface area contributed by atoms with Crippen molar-refractivity contribution in [1.82, 2.24) is 0 Å². The molecule has 1 aromatic heterocycles. The standard InChI is InChI=1S/C15H21BO5/c1-14(2)15(3,4)21-16(20-14)10-11(13(17)18-5)9-12-7-6-8-19-12/h6-9H,10H2,1-5H3/b11-9+. The SMILES string of the molecule is COC(=O)/C(=C/c1ccco1)CB1OC(C)(C)C(C)(C)O1. The Morgan fingerprint density at radius 2 is 1.90 bits per heavy atom. The van der Waals surface area contributed by atoms with Crippen molar-refractivity contribution in [2.24, 2.45) is 0 Å². The van der Waals surface area contributed by atoms with Crippen LogP contribution in [0.25, 0.3) is 6.08 Å². The molecule has 0 unspecified atom stereocenters. The highest BCUT2D eigenvalue weighted by molar-refractivity contribution is 6.47. The normalized spacial score (nSPS) is 20.6. The van der Waals surface area contributed by atoms with Gasteiger partial charge in [-0.1, -0.05) is 0 Å². The van der Waals surface area contributed by atoms with E-state index in [-0.39, 0.29) is 0 Å². The average Bonchev–Trinajstić information content (AvgIpc) is 2.94. The van der Waals surface area contributed by atoms with Gasteiger partial charge in [0.05, 0.1) is 24.6 Å². The van der Waals surface area contributed by atoms with Crippen molar-refractivity contribution in [3.05, 3.63) is 29.7 Å². The van der Waals surface area contributed by atoms with Crippen molar-refractivity contribution in [3.63, 3.8) is 0 Å². The molecule has 1 fully saturated rings. The van der Waals surface area contributed by atoms with Crippen LogP contribution < -0.4 is 0 Å². The smallest absolute Gasteiger partial charge is 0.462 e. The quantitative estimate of drug-likeness (QED) is 0.485. The van der Waals surface area contributed by atoms with Crippen LogP contribution in [-0.2, 0) is 18.8 Å². The molecule has 114 valence electrons. The van der Waals surface area contributed by atoms with E-state index in [0.29, 0.717) is 17.7 Å². The summed E-state index contributed by atoms with van der Waals surface area (Å²) in [5.41, 5.74) is -0.404. The first-order valence-electron chi connectivity index (χ1n) is 6.93. The Labute approximate surface area is 125 Å². The molecule has 1 aliphatic heterocycles. The van der Waals surface area contributed by atoms with Crippen molar-refractivity contribution >= 4 is 19.2 Å². The summed E-state index contributed by atoms with van der Waals surface area (Å²) in [7, 11) is 0.859. The molecule has 6 heteroatoms. The van der Waals surface area contributed by atoms with Gasteiger partial charge in [-0.25, -0.2) is 4.79 Å². The fourth-order valence-electron chi connectivity index (χ4n) is 2.11. The number of methoxy groups -OCH3 is 1. The molecule has 1 saturated heterocycles. The number of hydrogen-bond donors (Lipinski definition) is 0. The van der Waals surface area contributed by atoms with Gasteiger partial charge in [0.15, 0.2) is 0 Å². The highest BCUT2D eigenvalue weighted by Crippen LogP contribution is 2.38. The second kappa shape index (κ2) is 5.69. The Balaban J connectivity index is 2.16. The summed E-state index contributed by atoms with van der Waals surface area (Å²) in [6.45, 7) is 7.89. The first-order chi connectivity index (χ1) is 9.75. The number of carbonyl (C=O) groups is 1. The third kappa shape index (κ3) is 3.39. The first-order valence-corrected chi connectivity index (χ1v) is 6.93. The van der Waals surface area contributed by atoms with Gasteiger partial charge in [0.25, 0.3) is 0 Å². The summed E-state index contributed by atoms with van der Waals surface area (Å²) in [6.07, 6.45) is 3.51. The van der Waals surface area contributed by atoms with Gasteiger partial charge in [-0.15, -0.1) is 0 Å². The highest BCUT2D eigenvalue weighted by Gasteiger charge is 2.51. The van der Waals surface area contributed by atoms with Gasteiger partial charge < -0.3 is 18.5 Å². The topological polar surface area (TPSA) is 57.9 Å². The summed E-state index contributed by atoms with van der Waals surface area (Å²) < 4.78 is 21.9. The molecule has 0 N–H and O–H groups in total. The zero-order chi connectivity index (χ0) is 15.7. The van der Waals surface area contributed by atoms with Gasteiger partial charge >= 0.3 is 13.1 Å². The number of furan rings is 1. The largest absolute Gasteiger partial charge is 0.466 e. The minimum absolute atomic E-state index is 0.306. The molecule has 1 aliphatic rings. The third-order valence-corrected chi connectivity index (χ3v) is 4.00. The van der Waals surface area contributed by atoms with Crippen molar-refractivity contribution in [1.29, 1.82) is 0 Å². The first kappa shape index (κ1) is 15.9. The van der Waals surface area contributed by atoms with E-state index in [9.17, 15) is 4.79 Å². The van der Waals surface area contributed by atoms with Crippen LogP contribution in [0.2, 0.25) is 6.32 Å². The Hall–Kier alpha value is -1.53. The van der Waals surface area contributed by atoms with E-state index in [2.05, 4.69) is 0 Å². The van der Waals surface area contributed by atoms with Crippen molar-refractivity contribution in [2.75, 3.05) is 7.11 Å². The number of esters is 1. The number of ether oxygens (including phenoxy) is 1. The molecule has 1 aromatic rings. The molecular weight excluding hydrogens is 271 g/mol. The lowest BCUT2D eigenvalue weighted by Crippen LogP contribution is -2.41. The number of carbonyl (C=O) groups excluding carboxylic acids is 1. The van der Waals surface area contributed by atoms with Crippen LogP contribution in [0.4, 0.5) is 0 Å². The molecular formula is C15H21BO5. The van der Waals surface area contributed by atoms with Crippen LogP contribution in [0.1, 0.15) is 33.5 Å². The lowest BCUT2D eigenvalue weighted by molar-refractivity contribution is -0.136. The van der Waals surface area contributed by atoms with E-state index in [1.54, 1.807) is 24.5 Å². The van der Waals surface area contributed by atoms with Gasteiger partial charge in [-0.3, -0.25) is 0 Å². The second-order valence-electron chi connectivity index (χ2n) is 6.07. The predicted molar refractivity (Wildman–Crippen MR) is 79.6 cm³/mol. The Bertz CT molecular complexity index is 514. The van der Waals surface area contributed by atoms with Gasteiger partial charge in [-0.05, 0) is 45.9 Å². The monoisotopic (exact) mass is 292 g/mol. The molecule has 5 nitrogen and oxygen atoms in total. The molecule has 0 spiro atoms. The summed E-state index contributed by atoms with van der Waals surface area (Å²) in [5, 5.41) is 0. The Morgan fingerprint density at radius 1 is 1.29 bits per heavy atom. The Kier molecular flexibility index (Phi) is 4.30. The Morgan fingerprint density at radius 3 is 2.38 bits per heavy atom. The van der Waals surface area contributed by atoms with E-state index in [1.807, 2.05) is 27.7 Å². The minimum Gasteiger partial charge on any atom is -0.466 e. The number of hydrogen-bond acceptors (Lipinski definition) is 5. The van der Waals surface area contributed by atoms with Crippen LogP contribution in [0.3, 0.4) is 0 Å². The summed E-state index contributed by atoms with van der Waals surface area (Å²) in [4.78, 5) is 11.9. The molecule has 0 bridgehead atoms. The van der Waals surface area contributed by atoms with Crippen LogP contribution in [0, 0.1) is 0 Å². The van der Waals surface area contributed by atoms with Gasteiger partial charge in [0.2, 0.25) is 0 Å². The third-order valence-electron chi connectivity index (χ3n) is 4.00. The fourth-order valence-corrected chi connectivity index (χ4v) is 2.11. The van der Waals surface area contributed by atoms with E-state index >= 15 is 0 Å². The summed E-state index contributed by atoms with van der Waals surface area (Å²) >= 11 is 0. The van der Waals surface area contributed by atoms with E-state index < -0.39 is 24.3 Å². The summed E-state index contributed by atoms with van der Waals surface area (Å²) in [6, 6.07) is 3.53. The van der Waals surface area contributed by atoms with Crippen molar-refractivity contribution in [3.8, 4) is 0 Å². The van der Waals surface area contributed by atoms with Gasteiger partial charge in [-0.2, -0.15) is 0 Å². The molecule has 0 radical (unpaired) electrons. The maximum Gasteiger partial charge on any atom is 0.462 e. The zero-order valence-electron chi connectivity index (χ0n) is 13.1. The highest BCUT2D eigenvalue weighted by atomic mass is 16.7. The van der Waals surface area contributed by atoms with Crippen molar-refractivity contribution in [2.45, 2.75) is 45.2 Å². The molecule has 0 aliphatic carbocycles. The molecule has 0 saturated carbocycles. The van der Waals surface area contributed by atoms with Crippen LogP contribution >= 0.6 is 0 Å². The zero-order valence-corrected chi connectivity index (χ0v) is 13.1. The molecule has 2 rings (SSSR count). The van der Waals surface area contributed by atoms with Crippen LogP contribution in [0.5, 0.6) is 0 Å². The minimum atomic E-state index is -0.490. The van der Waals surface area contributed by atoms with E-state index in [0.717, 1.165) is 0 Å². The lowest BCUT2D eigenvalue weighted by atomic mass is 9.80. The molecule has 21 heavy (non-hydrogen) atoms. The molecule has 0 atom stereocenters.